The topological polar surface area (TPSA) is 47.6 Å². The minimum atomic E-state index is -0.562. The van der Waals surface area contributed by atoms with Gasteiger partial charge in [-0.15, -0.1) is 0 Å². The molecule has 1 rings (SSSR count). The van der Waals surface area contributed by atoms with Crippen molar-refractivity contribution < 1.29 is 14.3 Å². The Morgan fingerprint density at radius 3 is 2.38 bits per heavy atom. The van der Waals surface area contributed by atoms with Gasteiger partial charge < -0.3 is 14.8 Å². The molecular weight excluding hydrogens is 170 g/mol. The first kappa shape index (κ1) is 10.3. The molecule has 0 amide bonds. The highest BCUT2D eigenvalue weighted by Gasteiger charge is 2.22. The molecule has 0 aromatic heterocycles. The Morgan fingerprint density at radius 1 is 1.31 bits per heavy atom. The smallest absolute Gasteiger partial charge is 0.438 e. The number of ether oxygens (including phenoxy) is 2. The molecule has 0 aromatic rings. The third-order valence-corrected chi connectivity index (χ3v) is 2.51. The van der Waals surface area contributed by atoms with E-state index in [1.807, 2.05) is 7.05 Å². The first-order valence-corrected chi connectivity index (χ1v) is 4.68. The van der Waals surface area contributed by atoms with Crippen LogP contribution in [0.2, 0.25) is 0 Å². The first-order valence-electron chi connectivity index (χ1n) is 4.68. The first-order chi connectivity index (χ1) is 6.26. The summed E-state index contributed by atoms with van der Waals surface area (Å²) in [6.45, 7) is 0. The highest BCUT2D eigenvalue weighted by molar-refractivity contribution is 5.59. The van der Waals surface area contributed by atoms with Gasteiger partial charge in [-0.25, -0.2) is 4.79 Å². The Hall–Kier alpha value is -0.770. The third kappa shape index (κ3) is 3.22. The van der Waals surface area contributed by atoms with Crippen molar-refractivity contribution in [3.05, 3.63) is 0 Å². The van der Waals surface area contributed by atoms with Gasteiger partial charge in [0, 0.05) is 6.04 Å². The van der Waals surface area contributed by atoms with E-state index in [2.05, 4.69) is 10.1 Å². The second kappa shape index (κ2) is 5.07. The van der Waals surface area contributed by atoms with Gasteiger partial charge in [0.15, 0.2) is 0 Å². The van der Waals surface area contributed by atoms with Crippen LogP contribution >= 0.6 is 0 Å². The maximum atomic E-state index is 10.8. The fourth-order valence-electron chi connectivity index (χ4n) is 1.65. The van der Waals surface area contributed by atoms with E-state index in [0.717, 1.165) is 25.7 Å². The van der Waals surface area contributed by atoms with E-state index in [4.69, 9.17) is 4.74 Å². The third-order valence-electron chi connectivity index (χ3n) is 2.51. The van der Waals surface area contributed by atoms with E-state index in [9.17, 15) is 4.79 Å². The van der Waals surface area contributed by atoms with Crippen LogP contribution in [0.3, 0.4) is 0 Å². The van der Waals surface area contributed by atoms with Crippen LogP contribution in [0, 0.1) is 0 Å². The van der Waals surface area contributed by atoms with Gasteiger partial charge in [-0.2, -0.15) is 0 Å². The lowest BCUT2D eigenvalue weighted by molar-refractivity contribution is 0.0198. The van der Waals surface area contributed by atoms with E-state index in [-0.39, 0.29) is 6.10 Å². The van der Waals surface area contributed by atoms with Crippen molar-refractivity contribution in [2.45, 2.75) is 37.8 Å². The number of hydrogen-bond donors (Lipinski definition) is 1. The van der Waals surface area contributed by atoms with Crippen molar-refractivity contribution in [1.82, 2.24) is 5.32 Å². The summed E-state index contributed by atoms with van der Waals surface area (Å²) < 4.78 is 9.47. The summed E-state index contributed by atoms with van der Waals surface area (Å²) in [7, 11) is 3.30. The molecule has 0 aliphatic heterocycles. The molecule has 76 valence electrons. The molecule has 1 N–H and O–H groups in total. The van der Waals surface area contributed by atoms with Crippen LogP contribution in [0.15, 0.2) is 0 Å². The fourth-order valence-corrected chi connectivity index (χ4v) is 1.65. The molecule has 0 radical (unpaired) electrons. The van der Waals surface area contributed by atoms with Crippen molar-refractivity contribution in [3.8, 4) is 0 Å². The Bertz CT molecular complexity index is 164. The predicted molar refractivity (Wildman–Crippen MR) is 48.6 cm³/mol. The predicted octanol–water partition coefficient (Wildman–Crippen LogP) is 1.30. The molecule has 0 unspecified atom stereocenters. The maximum absolute atomic E-state index is 10.8. The molecule has 0 heterocycles. The number of methoxy groups -OCH3 is 1. The Kier molecular flexibility index (Phi) is 4.02. The second-order valence-corrected chi connectivity index (χ2v) is 3.33. The van der Waals surface area contributed by atoms with Gasteiger partial charge in [0.1, 0.15) is 6.10 Å². The Morgan fingerprint density at radius 2 is 1.92 bits per heavy atom. The van der Waals surface area contributed by atoms with Crippen molar-refractivity contribution in [2.24, 2.45) is 0 Å². The van der Waals surface area contributed by atoms with Crippen LogP contribution in [0.1, 0.15) is 25.7 Å². The molecule has 13 heavy (non-hydrogen) atoms. The zero-order valence-corrected chi connectivity index (χ0v) is 8.21. The lowest BCUT2D eigenvalue weighted by Gasteiger charge is -2.27. The quantitative estimate of drug-likeness (QED) is 0.662. The highest BCUT2D eigenvalue weighted by Crippen LogP contribution is 2.21. The number of carbonyl (C=O) groups is 1. The van der Waals surface area contributed by atoms with Gasteiger partial charge in [0.05, 0.1) is 7.11 Å². The Labute approximate surface area is 78.6 Å². The molecule has 1 saturated carbocycles. The summed E-state index contributed by atoms with van der Waals surface area (Å²) in [5.74, 6) is 0. The standard InChI is InChI=1S/C9H17NO3/c1-10-7-3-5-8(6-4-7)13-9(11)12-2/h7-8,10H,3-6H2,1-2H3. The van der Waals surface area contributed by atoms with E-state index in [0.29, 0.717) is 6.04 Å². The van der Waals surface area contributed by atoms with E-state index in [1.54, 1.807) is 0 Å². The zero-order valence-electron chi connectivity index (χ0n) is 8.21. The summed E-state index contributed by atoms with van der Waals surface area (Å²) in [6, 6.07) is 0.581. The summed E-state index contributed by atoms with van der Waals surface area (Å²) in [6.07, 6.45) is 3.49. The number of nitrogens with one attached hydrogen (secondary N) is 1. The molecule has 1 aliphatic carbocycles. The largest absolute Gasteiger partial charge is 0.508 e. The van der Waals surface area contributed by atoms with Crippen LogP contribution in [-0.4, -0.2) is 32.5 Å². The minimum absolute atomic E-state index is 0.0528. The van der Waals surface area contributed by atoms with Crippen molar-refractivity contribution in [1.29, 1.82) is 0 Å². The molecule has 4 nitrogen and oxygen atoms in total. The normalized spacial score (nSPS) is 28.2. The molecule has 0 bridgehead atoms. The monoisotopic (exact) mass is 187 g/mol. The van der Waals surface area contributed by atoms with Crippen molar-refractivity contribution in [2.75, 3.05) is 14.2 Å². The summed E-state index contributed by atoms with van der Waals surface area (Å²) in [5.41, 5.74) is 0. The minimum Gasteiger partial charge on any atom is -0.438 e. The van der Waals surface area contributed by atoms with E-state index >= 15 is 0 Å². The zero-order chi connectivity index (χ0) is 9.68. The number of carbonyl (C=O) groups excluding carboxylic acids is 1. The van der Waals surface area contributed by atoms with Gasteiger partial charge in [-0.05, 0) is 32.7 Å². The summed E-state index contributed by atoms with van der Waals surface area (Å²) in [5, 5.41) is 3.22. The van der Waals surface area contributed by atoms with Gasteiger partial charge >= 0.3 is 6.16 Å². The lowest BCUT2D eigenvalue weighted by atomic mass is 9.93. The average Bonchev–Trinajstić information content (AvgIpc) is 2.19. The fraction of sp³-hybridized carbons (Fsp3) is 0.889. The van der Waals surface area contributed by atoms with Crippen LogP contribution in [0.25, 0.3) is 0 Å². The second-order valence-electron chi connectivity index (χ2n) is 3.33. The van der Waals surface area contributed by atoms with Crippen LogP contribution in [0.4, 0.5) is 4.79 Å². The molecule has 1 aliphatic rings. The van der Waals surface area contributed by atoms with E-state index in [1.165, 1.54) is 7.11 Å². The molecule has 1 fully saturated rings. The molecule has 0 spiro atoms. The van der Waals surface area contributed by atoms with Crippen molar-refractivity contribution >= 4 is 6.16 Å². The van der Waals surface area contributed by atoms with E-state index < -0.39 is 6.16 Å². The average molecular weight is 187 g/mol. The summed E-state index contributed by atoms with van der Waals surface area (Å²) in [4.78, 5) is 10.8. The maximum Gasteiger partial charge on any atom is 0.508 e. The van der Waals surface area contributed by atoms with Crippen LogP contribution in [0.5, 0.6) is 0 Å². The van der Waals surface area contributed by atoms with Crippen LogP contribution < -0.4 is 5.32 Å². The van der Waals surface area contributed by atoms with Gasteiger partial charge in [0.2, 0.25) is 0 Å². The van der Waals surface area contributed by atoms with Crippen LogP contribution in [-0.2, 0) is 9.47 Å². The SMILES string of the molecule is CNC1CCC(OC(=O)OC)CC1. The molecule has 0 aromatic carbocycles. The molecule has 0 saturated heterocycles. The molecule has 4 heteroatoms. The van der Waals surface area contributed by atoms with Gasteiger partial charge in [-0.1, -0.05) is 0 Å². The Balaban J connectivity index is 2.21. The molecule has 0 atom stereocenters. The highest BCUT2D eigenvalue weighted by atomic mass is 16.7. The van der Waals surface area contributed by atoms with Gasteiger partial charge in [-0.3, -0.25) is 0 Å². The number of hydrogen-bond acceptors (Lipinski definition) is 4. The van der Waals surface area contributed by atoms with Gasteiger partial charge in [0.25, 0.3) is 0 Å². The van der Waals surface area contributed by atoms with Crippen molar-refractivity contribution in [3.63, 3.8) is 0 Å². The lowest BCUT2D eigenvalue weighted by Crippen LogP contribution is -2.33. The number of rotatable bonds is 2. The summed E-state index contributed by atoms with van der Waals surface area (Å²) >= 11 is 0. The molecular formula is C9H17NO3.